The van der Waals surface area contributed by atoms with Gasteiger partial charge < -0.3 is 51.1 Å². The van der Waals surface area contributed by atoms with Crippen molar-refractivity contribution in [3.63, 3.8) is 0 Å². The molecule has 0 bridgehead atoms. The van der Waals surface area contributed by atoms with E-state index in [-0.39, 0.29) is 28.2 Å². The number of rotatable bonds is 9. The standard InChI is InChI=1S/C52H40N2O10/c1-4-28(35-11-7-8-12-36(35)30-15-19-32(20-16-30)40-22-27(3)38(25-54-40)42-45(57)49(61)52(64)50(62)46(42)58)23-33-9-5-6-10-34(33)29-13-17-31(18-14-29)39-21-26(2)37(24-53-39)41-43(55)47(59)51(63)48(60)44(41)56/h1,5-22,24-25,28,55-64H,23H2,2-3H3. The Kier molecular flexibility index (Phi) is 10.8. The zero-order valence-corrected chi connectivity index (χ0v) is 34.3. The van der Waals surface area contributed by atoms with E-state index in [9.17, 15) is 51.1 Å². The smallest absolute Gasteiger partial charge is 0.208 e. The maximum Gasteiger partial charge on any atom is 0.208 e. The lowest BCUT2D eigenvalue weighted by molar-refractivity contribution is 0.330. The molecular weight excluding hydrogens is 813 g/mol. The summed E-state index contributed by atoms with van der Waals surface area (Å²) in [5, 5.41) is 102. The molecule has 0 amide bonds. The number of hydrogen-bond donors (Lipinski definition) is 10. The molecule has 8 rings (SSSR count). The maximum absolute atomic E-state index is 10.5. The van der Waals surface area contributed by atoms with E-state index in [2.05, 4.69) is 22.0 Å². The van der Waals surface area contributed by atoms with E-state index in [1.165, 1.54) is 12.4 Å². The third-order valence-corrected chi connectivity index (χ3v) is 11.5. The highest BCUT2D eigenvalue weighted by molar-refractivity contribution is 5.88. The van der Waals surface area contributed by atoms with Gasteiger partial charge in [-0.15, -0.1) is 6.42 Å². The Balaban J connectivity index is 1.03. The lowest BCUT2D eigenvalue weighted by Gasteiger charge is -2.19. The van der Waals surface area contributed by atoms with Gasteiger partial charge in [0.05, 0.1) is 22.5 Å². The molecule has 12 heteroatoms. The minimum Gasteiger partial charge on any atom is -0.504 e. The quantitative estimate of drug-likeness (QED) is 0.0372. The topological polar surface area (TPSA) is 228 Å². The van der Waals surface area contributed by atoms with Gasteiger partial charge in [0, 0.05) is 40.6 Å². The highest BCUT2D eigenvalue weighted by Crippen LogP contribution is 2.56. The normalized spacial score (nSPS) is 11.6. The molecule has 1 atom stereocenters. The van der Waals surface area contributed by atoms with Gasteiger partial charge in [-0.1, -0.05) is 103 Å². The second-order valence-electron chi connectivity index (χ2n) is 15.3. The van der Waals surface area contributed by atoms with Gasteiger partial charge in [-0.3, -0.25) is 9.97 Å². The van der Waals surface area contributed by atoms with Gasteiger partial charge in [0.25, 0.3) is 0 Å². The molecule has 8 aromatic rings. The number of terminal acetylenes is 1. The highest BCUT2D eigenvalue weighted by Gasteiger charge is 2.27. The van der Waals surface area contributed by atoms with Crippen molar-refractivity contribution < 1.29 is 51.1 Å². The lowest BCUT2D eigenvalue weighted by Crippen LogP contribution is -2.04. The Morgan fingerprint density at radius 2 is 0.797 bits per heavy atom. The first-order valence-corrected chi connectivity index (χ1v) is 19.9. The van der Waals surface area contributed by atoms with E-state index in [0.29, 0.717) is 28.9 Å². The molecule has 0 aliphatic rings. The molecule has 12 nitrogen and oxygen atoms in total. The Labute approximate surface area is 366 Å². The second kappa shape index (κ2) is 16.6. The molecule has 6 aromatic carbocycles. The molecule has 318 valence electrons. The minimum atomic E-state index is -1.03. The Morgan fingerprint density at radius 1 is 0.438 bits per heavy atom. The fourth-order valence-electron chi connectivity index (χ4n) is 8.00. The molecule has 64 heavy (non-hydrogen) atoms. The van der Waals surface area contributed by atoms with Crippen LogP contribution in [-0.2, 0) is 6.42 Å². The van der Waals surface area contributed by atoms with Gasteiger partial charge in [0.15, 0.2) is 23.0 Å². The first kappa shape index (κ1) is 41.9. The number of phenolic OH excluding ortho intramolecular Hbond substituents is 10. The van der Waals surface area contributed by atoms with Crippen molar-refractivity contribution >= 4 is 0 Å². The minimum absolute atomic E-state index is 0.244. The lowest BCUT2D eigenvalue weighted by atomic mass is 9.84. The van der Waals surface area contributed by atoms with E-state index in [1.54, 1.807) is 26.0 Å². The van der Waals surface area contributed by atoms with E-state index in [1.807, 2.05) is 91.0 Å². The van der Waals surface area contributed by atoms with Crippen LogP contribution in [0.15, 0.2) is 122 Å². The number of nitrogens with zero attached hydrogens (tertiary/aromatic N) is 2. The molecule has 0 radical (unpaired) electrons. The Bertz CT molecular complexity index is 3120. The van der Waals surface area contributed by atoms with Crippen molar-refractivity contribution in [1.29, 1.82) is 0 Å². The van der Waals surface area contributed by atoms with Gasteiger partial charge in [-0.2, -0.15) is 0 Å². The number of benzene rings is 6. The average molecular weight is 853 g/mol. The van der Waals surface area contributed by atoms with Crippen molar-refractivity contribution in [2.75, 3.05) is 0 Å². The number of aryl methyl sites for hydroxylation is 2. The van der Waals surface area contributed by atoms with Crippen molar-refractivity contribution in [1.82, 2.24) is 9.97 Å². The van der Waals surface area contributed by atoms with Crippen LogP contribution >= 0.6 is 0 Å². The van der Waals surface area contributed by atoms with E-state index in [4.69, 9.17) is 6.42 Å². The van der Waals surface area contributed by atoms with E-state index < -0.39 is 57.5 Å². The summed E-state index contributed by atoms with van der Waals surface area (Å²) in [4.78, 5) is 9.06. The highest BCUT2D eigenvalue weighted by atomic mass is 16.4. The number of hydrogen-bond acceptors (Lipinski definition) is 12. The maximum atomic E-state index is 10.5. The summed E-state index contributed by atoms with van der Waals surface area (Å²) in [6.07, 6.45) is 9.64. The molecule has 2 heterocycles. The van der Waals surface area contributed by atoms with Crippen LogP contribution in [0.5, 0.6) is 57.5 Å². The Hall–Kier alpha value is -8.82. The van der Waals surface area contributed by atoms with Crippen LogP contribution in [-0.4, -0.2) is 61.0 Å². The Morgan fingerprint density at radius 3 is 1.22 bits per heavy atom. The molecular formula is C52H40N2O10. The number of aromatic hydroxyl groups is 10. The van der Waals surface area contributed by atoms with Gasteiger partial charge in [0.1, 0.15) is 0 Å². The van der Waals surface area contributed by atoms with Crippen LogP contribution in [0.3, 0.4) is 0 Å². The number of aromatic nitrogens is 2. The van der Waals surface area contributed by atoms with Crippen LogP contribution in [0, 0.1) is 26.2 Å². The predicted molar refractivity (Wildman–Crippen MR) is 242 cm³/mol. The first-order chi connectivity index (χ1) is 30.7. The third kappa shape index (κ3) is 7.26. The summed E-state index contributed by atoms with van der Waals surface area (Å²) in [6.45, 7) is 3.45. The fourth-order valence-corrected chi connectivity index (χ4v) is 8.00. The zero-order valence-electron chi connectivity index (χ0n) is 34.3. The van der Waals surface area contributed by atoms with Crippen molar-refractivity contribution in [3.8, 4) is 137 Å². The zero-order chi connectivity index (χ0) is 45.6. The molecule has 0 aliphatic heterocycles. The molecule has 1 unspecified atom stereocenters. The first-order valence-electron chi connectivity index (χ1n) is 19.9. The number of pyridine rings is 2. The van der Waals surface area contributed by atoms with Crippen LogP contribution in [0.25, 0.3) is 67.0 Å². The largest absolute Gasteiger partial charge is 0.504 e. The van der Waals surface area contributed by atoms with Crippen LogP contribution in [0.4, 0.5) is 0 Å². The van der Waals surface area contributed by atoms with Crippen LogP contribution in [0.2, 0.25) is 0 Å². The van der Waals surface area contributed by atoms with Crippen molar-refractivity contribution in [3.05, 3.63) is 144 Å². The summed E-state index contributed by atoms with van der Waals surface area (Å²) >= 11 is 0. The fraction of sp³-hybridized carbons (Fsp3) is 0.0769. The molecule has 0 spiro atoms. The summed E-state index contributed by atoms with van der Waals surface area (Å²) in [7, 11) is 0. The van der Waals surface area contributed by atoms with Crippen LogP contribution in [0.1, 0.15) is 28.2 Å². The van der Waals surface area contributed by atoms with Gasteiger partial charge in [-0.05, 0) is 76.9 Å². The molecule has 0 fully saturated rings. The number of phenols is 10. The van der Waals surface area contributed by atoms with Gasteiger partial charge in [-0.25, -0.2) is 0 Å². The molecule has 0 saturated carbocycles. The molecule has 0 aliphatic carbocycles. The van der Waals surface area contributed by atoms with E-state index >= 15 is 0 Å². The van der Waals surface area contributed by atoms with Crippen molar-refractivity contribution in [2.45, 2.75) is 26.2 Å². The molecule has 0 saturated heterocycles. The van der Waals surface area contributed by atoms with Crippen molar-refractivity contribution in [2.24, 2.45) is 0 Å². The average Bonchev–Trinajstić information content (AvgIpc) is 3.32. The predicted octanol–water partition coefficient (Wildman–Crippen LogP) is 10.1. The van der Waals surface area contributed by atoms with Gasteiger partial charge >= 0.3 is 0 Å². The summed E-state index contributed by atoms with van der Waals surface area (Å²) < 4.78 is 0. The molecule has 2 aromatic heterocycles. The summed E-state index contributed by atoms with van der Waals surface area (Å²) in [5.41, 5.74) is 9.78. The van der Waals surface area contributed by atoms with E-state index in [0.717, 1.165) is 44.5 Å². The van der Waals surface area contributed by atoms with Crippen LogP contribution < -0.4 is 0 Å². The SMILES string of the molecule is C#CC(Cc1ccccc1-c1ccc(-c2cc(C)c(-c3c(O)c(O)c(O)c(O)c3O)cn2)cc1)c1ccccc1-c1ccc(-c2cc(C)c(-c3c(O)c(O)c(O)c(O)c3O)cn2)cc1. The summed E-state index contributed by atoms with van der Waals surface area (Å²) in [6, 6.07) is 35.2. The van der Waals surface area contributed by atoms with Gasteiger partial charge in [0.2, 0.25) is 34.5 Å². The summed E-state index contributed by atoms with van der Waals surface area (Å²) in [5.74, 6) is -6.34. The second-order valence-corrected chi connectivity index (χ2v) is 15.3. The third-order valence-electron chi connectivity index (χ3n) is 11.5. The molecule has 10 N–H and O–H groups in total. The monoisotopic (exact) mass is 852 g/mol.